The summed E-state index contributed by atoms with van der Waals surface area (Å²) < 4.78 is 1.21. The summed E-state index contributed by atoms with van der Waals surface area (Å²) in [5.41, 5.74) is 0.936. The van der Waals surface area contributed by atoms with E-state index in [1.54, 1.807) is 20.8 Å². The second-order valence-corrected chi connectivity index (χ2v) is 5.84. The summed E-state index contributed by atoms with van der Waals surface area (Å²) in [5.74, 6) is -0.995. The van der Waals surface area contributed by atoms with Gasteiger partial charge in [-0.3, -0.25) is 14.7 Å². The maximum Gasteiger partial charge on any atom is 0.345 e. The zero-order valence-corrected chi connectivity index (χ0v) is 12.1. The number of hydrogen-bond donors (Lipinski definition) is 2. The minimum Gasteiger partial charge on any atom is -0.477 e. The molecule has 0 spiro atoms. The van der Waals surface area contributed by atoms with Gasteiger partial charge < -0.3 is 5.11 Å². The van der Waals surface area contributed by atoms with E-state index in [1.807, 2.05) is 0 Å². The van der Waals surface area contributed by atoms with E-state index in [-0.39, 0.29) is 22.5 Å². The second-order valence-electron chi connectivity index (χ2n) is 4.58. The van der Waals surface area contributed by atoms with Crippen molar-refractivity contribution in [3.8, 4) is 0 Å². The van der Waals surface area contributed by atoms with E-state index in [2.05, 4.69) is 5.10 Å². The summed E-state index contributed by atoms with van der Waals surface area (Å²) in [5, 5.41) is 11.5. The lowest BCUT2D eigenvalue weighted by atomic mass is 10.2. The molecule has 0 bridgehead atoms. The molecule has 0 aliphatic heterocycles. The van der Waals surface area contributed by atoms with Crippen LogP contribution in [0.5, 0.6) is 0 Å². The summed E-state index contributed by atoms with van der Waals surface area (Å²) in [7, 11) is 0. The number of nitrogens with zero attached hydrogens (tertiary/aromatic N) is 1. The lowest BCUT2D eigenvalue weighted by Crippen LogP contribution is -2.33. The molecule has 0 saturated heterocycles. The number of carbonyl (C=O) groups is 1. The number of aromatic amines is 1. The van der Waals surface area contributed by atoms with Crippen molar-refractivity contribution >= 4 is 17.3 Å². The number of H-pyrrole nitrogens is 1. The van der Waals surface area contributed by atoms with E-state index < -0.39 is 5.97 Å². The first-order valence-corrected chi connectivity index (χ1v) is 6.76. The summed E-state index contributed by atoms with van der Waals surface area (Å²) in [6.07, 6.45) is 0. The van der Waals surface area contributed by atoms with Gasteiger partial charge in [-0.25, -0.2) is 9.48 Å². The monoisotopic (exact) mass is 294 g/mol. The number of nitrogens with one attached hydrogen (secondary N) is 1. The maximum absolute atomic E-state index is 12.1. The Morgan fingerprint density at radius 1 is 1.30 bits per heavy atom. The number of carboxylic acid groups (broad SMARTS) is 1. The molecule has 2 N–H and O–H groups in total. The number of rotatable bonds is 3. The maximum atomic E-state index is 12.1. The third-order valence-electron chi connectivity index (χ3n) is 3.27. The molecule has 0 atom stereocenters. The van der Waals surface area contributed by atoms with Crippen LogP contribution in [-0.2, 0) is 6.54 Å². The van der Waals surface area contributed by atoms with E-state index in [0.717, 1.165) is 16.2 Å². The van der Waals surface area contributed by atoms with E-state index in [1.165, 1.54) is 10.7 Å². The molecular weight excluding hydrogens is 280 g/mol. The van der Waals surface area contributed by atoms with E-state index in [9.17, 15) is 14.4 Å². The van der Waals surface area contributed by atoms with Crippen LogP contribution in [0, 0.1) is 20.8 Å². The number of thiophene rings is 1. The van der Waals surface area contributed by atoms with Gasteiger partial charge in [-0.15, -0.1) is 11.3 Å². The molecule has 2 rings (SSSR count). The Balaban J connectivity index is 2.48. The molecule has 0 saturated carbocycles. The van der Waals surface area contributed by atoms with Crippen molar-refractivity contribution in [1.82, 2.24) is 9.78 Å². The van der Waals surface area contributed by atoms with Crippen molar-refractivity contribution in [1.29, 1.82) is 0 Å². The van der Waals surface area contributed by atoms with Gasteiger partial charge in [-0.1, -0.05) is 0 Å². The van der Waals surface area contributed by atoms with E-state index >= 15 is 0 Å². The van der Waals surface area contributed by atoms with Gasteiger partial charge in [-0.2, -0.15) is 0 Å². The summed E-state index contributed by atoms with van der Waals surface area (Å²) in [6.45, 7) is 5.15. The molecule has 0 amide bonds. The molecule has 0 aromatic carbocycles. The first-order chi connectivity index (χ1) is 9.31. The van der Waals surface area contributed by atoms with E-state index in [0.29, 0.717) is 16.7 Å². The van der Waals surface area contributed by atoms with E-state index in [4.69, 9.17) is 5.11 Å². The number of hydrogen-bond acceptors (Lipinski definition) is 4. The van der Waals surface area contributed by atoms with Crippen molar-refractivity contribution in [2.24, 2.45) is 0 Å². The average Bonchev–Trinajstić information content (AvgIpc) is 2.75. The predicted molar refractivity (Wildman–Crippen MR) is 75.9 cm³/mol. The van der Waals surface area contributed by atoms with Crippen molar-refractivity contribution in [3.05, 3.63) is 53.2 Å². The summed E-state index contributed by atoms with van der Waals surface area (Å²) >= 11 is 1.15. The fraction of sp³-hybridized carbons (Fsp3) is 0.308. The molecule has 7 heteroatoms. The average molecular weight is 294 g/mol. The Morgan fingerprint density at radius 2 is 1.95 bits per heavy atom. The highest BCUT2D eigenvalue weighted by Crippen LogP contribution is 2.21. The van der Waals surface area contributed by atoms with Gasteiger partial charge >= 0.3 is 5.97 Å². The van der Waals surface area contributed by atoms with Crippen LogP contribution in [0.4, 0.5) is 0 Å². The van der Waals surface area contributed by atoms with Crippen LogP contribution in [-0.4, -0.2) is 20.9 Å². The van der Waals surface area contributed by atoms with Gasteiger partial charge in [-0.05, 0) is 32.4 Å². The van der Waals surface area contributed by atoms with Crippen LogP contribution in [0.3, 0.4) is 0 Å². The molecule has 20 heavy (non-hydrogen) atoms. The van der Waals surface area contributed by atoms with Crippen LogP contribution in [0.15, 0.2) is 15.7 Å². The van der Waals surface area contributed by atoms with Crippen LogP contribution < -0.4 is 11.1 Å². The van der Waals surface area contributed by atoms with Crippen LogP contribution in [0.25, 0.3) is 0 Å². The topological polar surface area (TPSA) is 92.2 Å². The molecular formula is C13H14N2O4S. The molecule has 0 unspecified atom stereocenters. The second kappa shape index (κ2) is 5.09. The molecule has 2 aromatic heterocycles. The van der Waals surface area contributed by atoms with Gasteiger partial charge in [0.1, 0.15) is 4.88 Å². The molecule has 106 valence electrons. The fourth-order valence-corrected chi connectivity index (χ4v) is 2.73. The molecule has 0 fully saturated rings. The standard InChI is InChI=1S/C13H14N2O4S/c1-6-7(2)12(17)15(14-11(6)16)5-9-4-10(13(18)19)20-8(9)3/h4H,5H2,1-3H3,(H,14,16)(H,18,19). The first-order valence-electron chi connectivity index (χ1n) is 5.94. The minimum absolute atomic E-state index is 0.158. The smallest absolute Gasteiger partial charge is 0.345 e. The Labute approximate surface area is 118 Å². The van der Waals surface area contributed by atoms with Crippen LogP contribution in [0.2, 0.25) is 0 Å². The first kappa shape index (κ1) is 14.3. The Bertz CT molecular complexity index is 798. The summed E-state index contributed by atoms with van der Waals surface area (Å²) in [6, 6.07) is 1.53. The van der Waals surface area contributed by atoms with Gasteiger partial charge in [0.05, 0.1) is 6.54 Å². The van der Waals surface area contributed by atoms with Crippen molar-refractivity contribution in [2.75, 3.05) is 0 Å². The fourth-order valence-electron chi connectivity index (χ4n) is 1.85. The van der Waals surface area contributed by atoms with Crippen molar-refractivity contribution in [3.63, 3.8) is 0 Å². The molecule has 0 radical (unpaired) electrons. The van der Waals surface area contributed by atoms with Crippen molar-refractivity contribution < 1.29 is 9.90 Å². The molecule has 2 heterocycles. The lowest BCUT2D eigenvalue weighted by molar-refractivity contribution is 0.0702. The number of aromatic carboxylic acids is 1. The van der Waals surface area contributed by atoms with Crippen LogP contribution in [0.1, 0.15) is 31.2 Å². The zero-order valence-electron chi connectivity index (χ0n) is 11.3. The van der Waals surface area contributed by atoms with Gasteiger partial charge in [0.15, 0.2) is 0 Å². The van der Waals surface area contributed by atoms with Crippen molar-refractivity contribution in [2.45, 2.75) is 27.3 Å². The highest BCUT2D eigenvalue weighted by Gasteiger charge is 2.13. The molecule has 6 nitrogen and oxygen atoms in total. The molecule has 0 aliphatic carbocycles. The predicted octanol–water partition coefficient (Wildman–Crippen LogP) is 1.27. The highest BCUT2D eigenvalue weighted by atomic mass is 32.1. The Kier molecular flexibility index (Phi) is 3.63. The molecule has 0 aliphatic rings. The summed E-state index contributed by atoms with van der Waals surface area (Å²) in [4.78, 5) is 35.7. The lowest BCUT2D eigenvalue weighted by Gasteiger charge is -2.07. The largest absolute Gasteiger partial charge is 0.477 e. The Hall–Kier alpha value is -2.15. The van der Waals surface area contributed by atoms with Gasteiger partial charge in [0, 0.05) is 16.0 Å². The minimum atomic E-state index is -0.995. The van der Waals surface area contributed by atoms with Crippen LogP contribution >= 0.6 is 11.3 Å². The van der Waals surface area contributed by atoms with Gasteiger partial charge in [0.25, 0.3) is 11.1 Å². The normalized spacial score (nSPS) is 10.8. The third-order valence-corrected chi connectivity index (χ3v) is 4.35. The number of aromatic nitrogens is 2. The third kappa shape index (κ3) is 2.44. The zero-order chi connectivity index (χ0) is 15.0. The SMILES string of the molecule is Cc1sc(C(=O)O)cc1Cn1[nH]c(=O)c(C)c(C)c1=O. The Morgan fingerprint density at radius 3 is 2.50 bits per heavy atom. The number of aryl methyl sites for hydroxylation is 1. The molecule has 2 aromatic rings. The number of carboxylic acids is 1. The van der Waals surface area contributed by atoms with Gasteiger partial charge in [0.2, 0.25) is 0 Å². The quantitative estimate of drug-likeness (QED) is 0.891. The highest BCUT2D eigenvalue weighted by molar-refractivity contribution is 7.14.